The molecule has 1 atom stereocenters. The van der Waals surface area contributed by atoms with Crippen molar-refractivity contribution in [2.75, 3.05) is 13.2 Å². The molecular formula is C15H18N2O2. The predicted octanol–water partition coefficient (Wildman–Crippen LogP) is 2.75. The zero-order chi connectivity index (χ0) is 12.9. The Hall–Kier alpha value is -1.68. The van der Waals surface area contributed by atoms with Crippen LogP contribution in [0.15, 0.2) is 34.9 Å². The number of rotatable bonds is 5. The molecule has 0 radical (unpaired) electrons. The third-order valence-corrected chi connectivity index (χ3v) is 3.48. The van der Waals surface area contributed by atoms with Crippen LogP contribution in [0.25, 0.3) is 0 Å². The molecule has 2 heterocycles. The average Bonchev–Trinajstić information content (AvgIpc) is 3.10. The summed E-state index contributed by atoms with van der Waals surface area (Å²) in [6, 6.07) is 10.5. The van der Waals surface area contributed by atoms with Crippen LogP contribution >= 0.6 is 0 Å². The molecule has 1 unspecified atom stereocenters. The summed E-state index contributed by atoms with van der Waals surface area (Å²) in [6.07, 6.45) is 3.93. The molecule has 4 nitrogen and oxygen atoms in total. The lowest BCUT2D eigenvalue weighted by atomic mass is 10.1. The normalized spacial score (nSPS) is 18.8. The largest absolute Gasteiger partial charge is 0.381 e. The molecule has 4 heteroatoms. The molecule has 3 rings (SSSR count). The lowest BCUT2D eigenvalue weighted by molar-refractivity contribution is 0.192. The SMILES string of the molecule is c1ccc(CCCc2nc(C3CCOC3)no2)cc1. The van der Waals surface area contributed by atoms with E-state index in [9.17, 15) is 0 Å². The monoisotopic (exact) mass is 258 g/mol. The summed E-state index contributed by atoms with van der Waals surface area (Å²) in [5.74, 6) is 1.89. The Labute approximate surface area is 112 Å². The van der Waals surface area contributed by atoms with E-state index in [2.05, 4.69) is 34.4 Å². The molecule has 0 amide bonds. The maximum Gasteiger partial charge on any atom is 0.226 e. The number of hydrogen-bond donors (Lipinski definition) is 0. The molecule has 1 aromatic carbocycles. The fourth-order valence-corrected chi connectivity index (χ4v) is 2.36. The third kappa shape index (κ3) is 3.20. The molecule has 0 bridgehead atoms. The minimum Gasteiger partial charge on any atom is -0.381 e. The van der Waals surface area contributed by atoms with E-state index in [0.29, 0.717) is 5.92 Å². The Morgan fingerprint density at radius 3 is 2.84 bits per heavy atom. The van der Waals surface area contributed by atoms with Gasteiger partial charge in [0.1, 0.15) is 0 Å². The quantitative estimate of drug-likeness (QED) is 0.827. The van der Waals surface area contributed by atoms with E-state index in [0.717, 1.165) is 50.6 Å². The van der Waals surface area contributed by atoms with E-state index < -0.39 is 0 Å². The van der Waals surface area contributed by atoms with Crippen molar-refractivity contribution < 1.29 is 9.26 Å². The standard InChI is InChI=1S/C15H18N2O2/c1-2-5-12(6-3-1)7-4-8-14-16-15(17-19-14)13-9-10-18-11-13/h1-3,5-6,13H,4,7-11H2. The van der Waals surface area contributed by atoms with E-state index in [4.69, 9.17) is 9.26 Å². The smallest absolute Gasteiger partial charge is 0.226 e. The van der Waals surface area contributed by atoms with Gasteiger partial charge in [-0.15, -0.1) is 0 Å². The van der Waals surface area contributed by atoms with Crippen molar-refractivity contribution in [1.82, 2.24) is 10.1 Å². The topological polar surface area (TPSA) is 48.2 Å². The minimum absolute atomic E-state index is 0.326. The summed E-state index contributed by atoms with van der Waals surface area (Å²) in [6.45, 7) is 1.53. The Bertz CT molecular complexity index is 504. The van der Waals surface area contributed by atoms with Gasteiger partial charge in [0.05, 0.1) is 6.61 Å². The van der Waals surface area contributed by atoms with Gasteiger partial charge < -0.3 is 9.26 Å². The second-order valence-corrected chi connectivity index (χ2v) is 4.95. The summed E-state index contributed by atoms with van der Waals surface area (Å²) in [5.41, 5.74) is 1.35. The number of hydrogen-bond acceptors (Lipinski definition) is 4. The molecular weight excluding hydrogens is 240 g/mol. The first-order valence-electron chi connectivity index (χ1n) is 6.86. The number of aryl methyl sites for hydroxylation is 2. The Kier molecular flexibility index (Phi) is 3.89. The van der Waals surface area contributed by atoms with Gasteiger partial charge in [-0.1, -0.05) is 35.5 Å². The van der Waals surface area contributed by atoms with Gasteiger partial charge in [0.15, 0.2) is 5.82 Å². The van der Waals surface area contributed by atoms with Crippen LogP contribution in [-0.2, 0) is 17.6 Å². The summed E-state index contributed by atoms with van der Waals surface area (Å²) < 4.78 is 10.6. The Balaban J connectivity index is 1.50. The minimum atomic E-state index is 0.326. The van der Waals surface area contributed by atoms with Gasteiger partial charge in [0, 0.05) is 18.9 Å². The number of aromatic nitrogens is 2. The molecule has 0 spiro atoms. The van der Waals surface area contributed by atoms with Crippen LogP contribution in [0.3, 0.4) is 0 Å². The van der Waals surface area contributed by atoms with E-state index in [-0.39, 0.29) is 0 Å². The second-order valence-electron chi connectivity index (χ2n) is 4.95. The number of ether oxygens (including phenoxy) is 1. The zero-order valence-electron chi connectivity index (χ0n) is 10.9. The highest BCUT2D eigenvalue weighted by Gasteiger charge is 2.22. The lowest BCUT2D eigenvalue weighted by Crippen LogP contribution is -2.00. The molecule has 2 aromatic rings. The maximum atomic E-state index is 5.34. The van der Waals surface area contributed by atoms with Crippen molar-refractivity contribution in [3.05, 3.63) is 47.6 Å². The highest BCUT2D eigenvalue weighted by atomic mass is 16.5. The van der Waals surface area contributed by atoms with Crippen molar-refractivity contribution in [2.24, 2.45) is 0 Å². The molecule has 1 saturated heterocycles. The van der Waals surface area contributed by atoms with Crippen LogP contribution < -0.4 is 0 Å². The van der Waals surface area contributed by atoms with Crippen molar-refractivity contribution in [3.8, 4) is 0 Å². The maximum absolute atomic E-state index is 5.34. The van der Waals surface area contributed by atoms with Gasteiger partial charge in [-0.3, -0.25) is 0 Å². The van der Waals surface area contributed by atoms with Crippen LogP contribution in [0.4, 0.5) is 0 Å². The molecule has 1 aliphatic heterocycles. The van der Waals surface area contributed by atoms with Gasteiger partial charge in [-0.25, -0.2) is 0 Å². The van der Waals surface area contributed by atoms with Crippen molar-refractivity contribution in [3.63, 3.8) is 0 Å². The zero-order valence-corrected chi connectivity index (χ0v) is 10.9. The first kappa shape index (κ1) is 12.4. The van der Waals surface area contributed by atoms with Crippen LogP contribution in [0.5, 0.6) is 0 Å². The van der Waals surface area contributed by atoms with Gasteiger partial charge in [0.25, 0.3) is 0 Å². The van der Waals surface area contributed by atoms with E-state index in [1.807, 2.05) is 6.07 Å². The fraction of sp³-hybridized carbons (Fsp3) is 0.467. The highest BCUT2D eigenvalue weighted by Crippen LogP contribution is 2.22. The molecule has 100 valence electrons. The Morgan fingerprint density at radius 1 is 1.16 bits per heavy atom. The second kappa shape index (κ2) is 5.97. The predicted molar refractivity (Wildman–Crippen MR) is 70.9 cm³/mol. The van der Waals surface area contributed by atoms with Crippen LogP contribution in [0.1, 0.15) is 36.0 Å². The van der Waals surface area contributed by atoms with Crippen molar-refractivity contribution >= 4 is 0 Å². The molecule has 0 aliphatic carbocycles. The molecule has 1 aromatic heterocycles. The number of benzene rings is 1. The van der Waals surface area contributed by atoms with Gasteiger partial charge in [-0.2, -0.15) is 4.98 Å². The summed E-state index contributed by atoms with van der Waals surface area (Å²) in [7, 11) is 0. The molecule has 1 aliphatic rings. The van der Waals surface area contributed by atoms with Gasteiger partial charge in [0.2, 0.25) is 5.89 Å². The van der Waals surface area contributed by atoms with Gasteiger partial charge in [-0.05, 0) is 24.8 Å². The van der Waals surface area contributed by atoms with Crippen LogP contribution in [0, 0.1) is 0 Å². The Morgan fingerprint density at radius 2 is 2.05 bits per heavy atom. The summed E-state index contributed by atoms with van der Waals surface area (Å²) in [5, 5.41) is 4.06. The molecule has 19 heavy (non-hydrogen) atoms. The number of nitrogens with zero attached hydrogens (tertiary/aromatic N) is 2. The first-order valence-corrected chi connectivity index (χ1v) is 6.86. The first-order chi connectivity index (χ1) is 9.42. The van der Waals surface area contributed by atoms with E-state index in [1.54, 1.807) is 0 Å². The molecule has 1 fully saturated rings. The molecule has 0 N–H and O–H groups in total. The van der Waals surface area contributed by atoms with Crippen LogP contribution in [-0.4, -0.2) is 23.4 Å². The van der Waals surface area contributed by atoms with Crippen molar-refractivity contribution in [1.29, 1.82) is 0 Å². The molecule has 0 saturated carbocycles. The van der Waals surface area contributed by atoms with Crippen molar-refractivity contribution in [2.45, 2.75) is 31.6 Å². The van der Waals surface area contributed by atoms with E-state index in [1.165, 1.54) is 5.56 Å². The fourth-order valence-electron chi connectivity index (χ4n) is 2.36. The highest BCUT2D eigenvalue weighted by molar-refractivity contribution is 5.14. The van der Waals surface area contributed by atoms with E-state index >= 15 is 0 Å². The van der Waals surface area contributed by atoms with Gasteiger partial charge >= 0.3 is 0 Å². The average molecular weight is 258 g/mol. The van der Waals surface area contributed by atoms with Crippen LogP contribution in [0.2, 0.25) is 0 Å². The third-order valence-electron chi connectivity index (χ3n) is 3.48. The lowest BCUT2D eigenvalue weighted by Gasteiger charge is -1.99. The summed E-state index contributed by atoms with van der Waals surface area (Å²) in [4.78, 5) is 4.47. The summed E-state index contributed by atoms with van der Waals surface area (Å²) >= 11 is 0.